The van der Waals surface area contributed by atoms with Crippen molar-refractivity contribution in [3.05, 3.63) is 41.4 Å². The number of nitrogens with one attached hydrogen (secondary N) is 2. The average Bonchev–Trinajstić information content (AvgIpc) is 2.39. The topological polar surface area (TPSA) is 71.1 Å². The van der Waals surface area contributed by atoms with E-state index in [1.807, 2.05) is 12.1 Å². The standard InChI is InChI=1S/C13H13N3O2/c17-10-3-1-2-9-11(10)12(16-13(18)15-9)8-4-6-14-7-5-8/h4-7,12H,1-3H2,(H2,15,16,18)/t12-/m0/s1. The molecular formula is C13H13N3O2. The molecule has 5 heteroatoms. The van der Waals surface area contributed by atoms with Gasteiger partial charge in [0.25, 0.3) is 0 Å². The van der Waals surface area contributed by atoms with Crippen molar-refractivity contribution < 1.29 is 9.59 Å². The van der Waals surface area contributed by atoms with E-state index in [9.17, 15) is 9.59 Å². The van der Waals surface area contributed by atoms with E-state index in [0.717, 1.165) is 24.1 Å². The SMILES string of the molecule is O=C1NC2=C(C(=O)CCC2)[C@H](c2ccncc2)N1. The lowest BCUT2D eigenvalue weighted by molar-refractivity contribution is -0.116. The van der Waals surface area contributed by atoms with Crippen LogP contribution in [0.2, 0.25) is 0 Å². The maximum absolute atomic E-state index is 12.1. The van der Waals surface area contributed by atoms with Crippen LogP contribution in [0.15, 0.2) is 35.8 Å². The fourth-order valence-corrected chi connectivity index (χ4v) is 2.51. The van der Waals surface area contributed by atoms with Gasteiger partial charge in [-0.15, -0.1) is 0 Å². The van der Waals surface area contributed by atoms with Crippen LogP contribution >= 0.6 is 0 Å². The van der Waals surface area contributed by atoms with E-state index in [1.54, 1.807) is 12.4 Å². The van der Waals surface area contributed by atoms with Crippen molar-refractivity contribution >= 4 is 11.8 Å². The van der Waals surface area contributed by atoms with Gasteiger partial charge in [0.2, 0.25) is 0 Å². The number of Topliss-reactive ketones (excluding diaryl/α,β-unsaturated/α-hetero) is 1. The third kappa shape index (κ3) is 1.77. The minimum atomic E-state index is -0.343. The Morgan fingerprint density at radius 1 is 1.17 bits per heavy atom. The molecule has 2 amide bonds. The van der Waals surface area contributed by atoms with Crippen LogP contribution in [0, 0.1) is 0 Å². The molecule has 0 fully saturated rings. The van der Waals surface area contributed by atoms with Crippen molar-refractivity contribution in [1.29, 1.82) is 0 Å². The van der Waals surface area contributed by atoms with Gasteiger partial charge in [-0.25, -0.2) is 4.79 Å². The Balaban J connectivity index is 2.07. The van der Waals surface area contributed by atoms with Crippen LogP contribution in [0.25, 0.3) is 0 Å². The van der Waals surface area contributed by atoms with Crippen molar-refractivity contribution in [2.75, 3.05) is 0 Å². The van der Waals surface area contributed by atoms with Gasteiger partial charge in [-0.05, 0) is 30.5 Å². The number of hydrogen-bond acceptors (Lipinski definition) is 3. The van der Waals surface area contributed by atoms with Crippen molar-refractivity contribution in [2.24, 2.45) is 0 Å². The predicted molar refractivity (Wildman–Crippen MR) is 64.5 cm³/mol. The Labute approximate surface area is 104 Å². The molecule has 0 bridgehead atoms. The molecular weight excluding hydrogens is 230 g/mol. The van der Waals surface area contributed by atoms with Crippen molar-refractivity contribution in [3.63, 3.8) is 0 Å². The Morgan fingerprint density at radius 3 is 2.72 bits per heavy atom. The summed E-state index contributed by atoms with van der Waals surface area (Å²) in [5.41, 5.74) is 2.37. The third-order valence-electron chi connectivity index (χ3n) is 3.32. The molecule has 0 spiro atoms. The summed E-state index contributed by atoms with van der Waals surface area (Å²) in [5, 5.41) is 5.55. The zero-order valence-corrected chi connectivity index (χ0v) is 9.77. The van der Waals surface area contributed by atoms with Crippen molar-refractivity contribution in [1.82, 2.24) is 15.6 Å². The molecule has 0 aromatic carbocycles. The van der Waals surface area contributed by atoms with Crippen LogP contribution in [0.5, 0.6) is 0 Å². The van der Waals surface area contributed by atoms with Crippen LogP contribution in [0.1, 0.15) is 30.9 Å². The minimum Gasteiger partial charge on any atom is -0.327 e. The minimum absolute atomic E-state index is 0.116. The Kier molecular flexibility index (Phi) is 2.59. The highest BCUT2D eigenvalue weighted by Gasteiger charge is 2.34. The molecule has 2 aliphatic rings. The van der Waals surface area contributed by atoms with Gasteiger partial charge < -0.3 is 10.6 Å². The Morgan fingerprint density at radius 2 is 1.94 bits per heavy atom. The second kappa shape index (κ2) is 4.25. The van der Waals surface area contributed by atoms with Gasteiger partial charge >= 0.3 is 6.03 Å². The van der Waals surface area contributed by atoms with Crippen LogP contribution in [-0.4, -0.2) is 16.8 Å². The number of amides is 2. The molecule has 18 heavy (non-hydrogen) atoms. The molecule has 1 aromatic heterocycles. The fourth-order valence-electron chi connectivity index (χ4n) is 2.51. The second-order valence-electron chi connectivity index (χ2n) is 4.48. The Hall–Kier alpha value is -2.17. The van der Waals surface area contributed by atoms with Gasteiger partial charge in [0.15, 0.2) is 5.78 Å². The lowest BCUT2D eigenvalue weighted by atomic mass is 9.86. The first-order valence-electron chi connectivity index (χ1n) is 5.99. The van der Waals surface area contributed by atoms with E-state index in [1.165, 1.54) is 0 Å². The third-order valence-corrected chi connectivity index (χ3v) is 3.32. The smallest absolute Gasteiger partial charge is 0.319 e. The van der Waals surface area contributed by atoms with Gasteiger partial charge in [0, 0.05) is 30.1 Å². The van der Waals surface area contributed by atoms with Crippen LogP contribution in [0.3, 0.4) is 0 Å². The molecule has 2 N–H and O–H groups in total. The summed E-state index contributed by atoms with van der Waals surface area (Å²) in [6.45, 7) is 0. The van der Waals surface area contributed by atoms with E-state index >= 15 is 0 Å². The fraction of sp³-hybridized carbons (Fsp3) is 0.308. The monoisotopic (exact) mass is 243 g/mol. The second-order valence-corrected chi connectivity index (χ2v) is 4.48. The van der Waals surface area contributed by atoms with E-state index in [-0.39, 0.29) is 17.9 Å². The first-order valence-corrected chi connectivity index (χ1v) is 5.99. The summed E-state index contributed by atoms with van der Waals surface area (Å²) < 4.78 is 0. The van der Waals surface area contributed by atoms with Gasteiger partial charge in [-0.2, -0.15) is 0 Å². The Bertz CT molecular complexity index is 536. The summed E-state index contributed by atoms with van der Waals surface area (Å²) in [7, 11) is 0. The first kappa shape index (κ1) is 11.0. The average molecular weight is 243 g/mol. The van der Waals surface area contributed by atoms with E-state index in [2.05, 4.69) is 15.6 Å². The molecule has 0 unspecified atom stereocenters. The quantitative estimate of drug-likeness (QED) is 0.784. The number of ketones is 1. The van der Waals surface area contributed by atoms with Crippen molar-refractivity contribution in [3.8, 4) is 0 Å². The molecule has 1 aliphatic heterocycles. The number of pyridine rings is 1. The number of nitrogens with zero attached hydrogens (tertiary/aromatic N) is 1. The summed E-state index contributed by atoms with van der Waals surface area (Å²) >= 11 is 0. The van der Waals surface area contributed by atoms with Crippen LogP contribution < -0.4 is 10.6 Å². The molecule has 1 aliphatic carbocycles. The number of carbonyl (C=O) groups excluding carboxylic acids is 2. The normalized spacial score (nSPS) is 23.2. The highest BCUT2D eigenvalue weighted by Crippen LogP contribution is 2.32. The summed E-state index contributed by atoms with van der Waals surface area (Å²) in [4.78, 5) is 27.6. The van der Waals surface area contributed by atoms with Crippen molar-refractivity contribution in [2.45, 2.75) is 25.3 Å². The number of urea groups is 1. The largest absolute Gasteiger partial charge is 0.327 e. The highest BCUT2D eigenvalue weighted by molar-refractivity contribution is 6.00. The molecule has 0 radical (unpaired) electrons. The molecule has 2 heterocycles. The number of hydrogen-bond donors (Lipinski definition) is 2. The number of carbonyl (C=O) groups is 2. The number of allylic oxidation sites excluding steroid dienone is 1. The van der Waals surface area contributed by atoms with Crippen LogP contribution in [-0.2, 0) is 4.79 Å². The zero-order chi connectivity index (χ0) is 12.5. The van der Waals surface area contributed by atoms with Gasteiger partial charge in [0.1, 0.15) is 0 Å². The zero-order valence-electron chi connectivity index (χ0n) is 9.77. The van der Waals surface area contributed by atoms with E-state index in [4.69, 9.17) is 0 Å². The highest BCUT2D eigenvalue weighted by atomic mass is 16.2. The predicted octanol–water partition coefficient (Wildman–Crippen LogP) is 1.44. The number of aromatic nitrogens is 1. The first-order chi connectivity index (χ1) is 8.75. The molecule has 1 aromatic rings. The van der Waals surface area contributed by atoms with E-state index < -0.39 is 0 Å². The summed E-state index contributed by atoms with van der Waals surface area (Å²) in [6, 6.07) is 3.06. The maximum Gasteiger partial charge on any atom is 0.319 e. The number of rotatable bonds is 1. The summed E-state index contributed by atoms with van der Waals surface area (Å²) in [5.74, 6) is 0.116. The molecule has 1 atom stereocenters. The van der Waals surface area contributed by atoms with E-state index in [0.29, 0.717) is 12.0 Å². The molecule has 92 valence electrons. The van der Waals surface area contributed by atoms with Gasteiger partial charge in [-0.1, -0.05) is 0 Å². The van der Waals surface area contributed by atoms with Gasteiger partial charge in [-0.3, -0.25) is 9.78 Å². The lowest BCUT2D eigenvalue weighted by Crippen LogP contribution is -2.46. The van der Waals surface area contributed by atoms with Gasteiger partial charge in [0.05, 0.1) is 6.04 Å². The molecule has 0 saturated heterocycles. The molecule has 3 rings (SSSR count). The molecule has 5 nitrogen and oxygen atoms in total. The lowest BCUT2D eigenvalue weighted by Gasteiger charge is -2.32. The summed E-state index contributed by atoms with van der Waals surface area (Å²) in [6.07, 6.45) is 5.45. The maximum atomic E-state index is 12.1. The molecule has 0 saturated carbocycles. The van der Waals surface area contributed by atoms with Crippen LogP contribution in [0.4, 0.5) is 4.79 Å².